The summed E-state index contributed by atoms with van der Waals surface area (Å²) in [6.45, 7) is 0.465. The maximum absolute atomic E-state index is 13.9. The van der Waals surface area contributed by atoms with Crippen LogP contribution in [0.4, 0.5) is 14.4 Å². The summed E-state index contributed by atoms with van der Waals surface area (Å²) < 4.78 is 49.1. The molecule has 21 nitrogen and oxygen atoms in total. The average molecular weight is 777 g/mol. The lowest BCUT2D eigenvalue weighted by molar-refractivity contribution is -0.197. The second-order valence-electron chi connectivity index (χ2n) is 13.8. The second kappa shape index (κ2) is 20.9. The Morgan fingerprint density at radius 3 is 1.07 bits per heavy atom. The monoisotopic (exact) mass is 776 g/mol. The SMILES string of the molecule is COCN1CC(OC(=O)C2CC(C(=O)OC3CN(COC)C(=O)N(COC)C3)CC(C(O)OC3CN(COC)C(=O)N(COC)C3)C2)CN(COC)C1=O. The molecule has 54 heavy (non-hydrogen) atoms. The normalized spacial score (nSPS) is 24.4. The van der Waals surface area contributed by atoms with Crippen molar-refractivity contribution in [3.05, 3.63) is 0 Å². The van der Waals surface area contributed by atoms with Crippen molar-refractivity contribution in [3.8, 4) is 0 Å². The van der Waals surface area contributed by atoms with E-state index in [4.69, 9.17) is 42.6 Å². The molecule has 3 aliphatic heterocycles. The van der Waals surface area contributed by atoms with Gasteiger partial charge in [-0.15, -0.1) is 0 Å². The highest BCUT2D eigenvalue weighted by atomic mass is 16.6. The minimum Gasteiger partial charge on any atom is -0.458 e. The summed E-state index contributed by atoms with van der Waals surface area (Å²) in [4.78, 5) is 74.7. The van der Waals surface area contributed by atoms with Crippen LogP contribution >= 0.6 is 0 Å². The van der Waals surface area contributed by atoms with Gasteiger partial charge in [0.15, 0.2) is 6.29 Å². The molecule has 1 aliphatic carbocycles. The molecule has 6 amide bonds. The zero-order valence-electron chi connectivity index (χ0n) is 32.0. The number of carbonyl (C=O) groups is 5. The Hall–Kier alpha value is -3.57. The summed E-state index contributed by atoms with van der Waals surface area (Å²) in [7, 11) is 8.70. The van der Waals surface area contributed by atoms with Gasteiger partial charge in [0.2, 0.25) is 0 Å². The Morgan fingerprint density at radius 2 is 0.796 bits per heavy atom. The standard InChI is InChI=1S/C33H56N6O15/c1-46-16-34-10-25(11-35(17-47-2)31(34)43)52-28(40)22-7-23(29(41)53-26-12-36(18-48-3)32(44)37(13-26)19-49-4)9-24(8-22)30(42)54-27-14-38(20-50-5)33(45)39(15-27)21-51-6/h22-28,40H,7-21H2,1-6H3. The molecule has 1 N–H and O–H groups in total. The van der Waals surface area contributed by atoms with E-state index in [-0.39, 0.29) is 117 Å². The van der Waals surface area contributed by atoms with Crippen molar-refractivity contribution in [1.82, 2.24) is 29.4 Å². The Labute approximate surface area is 315 Å². The molecule has 3 unspecified atom stereocenters. The maximum atomic E-state index is 13.9. The zero-order valence-corrected chi connectivity index (χ0v) is 32.0. The van der Waals surface area contributed by atoms with E-state index < -0.39 is 54.3 Å². The second-order valence-corrected chi connectivity index (χ2v) is 13.8. The number of carbonyl (C=O) groups excluding carboxylic acids is 5. The molecule has 4 aliphatic rings. The predicted molar refractivity (Wildman–Crippen MR) is 183 cm³/mol. The molecule has 1 saturated carbocycles. The van der Waals surface area contributed by atoms with Crippen molar-refractivity contribution in [1.29, 1.82) is 0 Å². The molecule has 4 rings (SSSR count). The van der Waals surface area contributed by atoms with E-state index in [1.165, 1.54) is 72.1 Å². The Morgan fingerprint density at radius 1 is 0.519 bits per heavy atom. The van der Waals surface area contributed by atoms with Crippen LogP contribution in [0.1, 0.15) is 19.3 Å². The molecule has 0 bridgehead atoms. The van der Waals surface area contributed by atoms with Gasteiger partial charge in [0, 0.05) is 48.6 Å². The summed E-state index contributed by atoms with van der Waals surface area (Å²) in [5.74, 6) is -3.64. The van der Waals surface area contributed by atoms with Gasteiger partial charge >= 0.3 is 30.0 Å². The van der Waals surface area contributed by atoms with Crippen LogP contribution in [0, 0.1) is 17.8 Å². The van der Waals surface area contributed by atoms with E-state index in [2.05, 4.69) is 0 Å². The summed E-state index contributed by atoms with van der Waals surface area (Å²) in [5, 5.41) is 11.5. The number of esters is 2. The molecular weight excluding hydrogens is 720 g/mol. The van der Waals surface area contributed by atoms with E-state index in [0.29, 0.717) is 0 Å². The van der Waals surface area contributed by atoms with Crippen LogP contribution in [-0.2, 0) is 52.2 Å². The zero-order chi connectivity index (χ0) is 39.4. The highest BCUT2D eigenvalue weighted by molar-refractivity contribution is 5.79. The van der Waals surface area contributed by atoms with Crippen LogP contribution in [0.3, 0.4) is 0 Å². The number of aliphatic hydroxyl groups is 1. The summed E-state index contributed by atoms with van der Waals surface area (Å²) >= 11 is 0. The molecule has 4 fully saturated rings. The number of nitrogens with zero attached hydrogens (tertiary/aromatic N) is 6. The quantitative estimate of drug-likeness (QED) is 0.128. The number of hydrogen-bond acceptors (Lipinski definition) is 15. The topological polar surface area (TPSA) is 208 Å². The molecule has 0 aromatic rings. The minimum atomic E-state index is -1.44. The van der Waals surface area contributed by atoms with Gasteiger partial charge in [-0.05, 0) is 19.3 Å². The highest BCUT2D eigenvalue weighted by Crippen LogP contribution is 2.38. The number of urea groups is 3. The largest absolute Gasteiger partial charge is 0.458 e. The molecule has 0 aromatic heterocycles. The van der Waals surface area contributed by atoms with E-state index in [1.807, 2.05) is 0 Å². The first-order valence-corrected chi connectivity index (χ1v) is 17.8. The Bertz CT molecular complexity index is 1150. The summed E-state index contributed by atoms with van der Waals surface area (Å²) in [6.07, 6.45) is -3.26. The Kier molecular flexibility index (Phi) is 16.7. The van der Waals surface area contributed by atoms with Crippen molar-refractivity contribution in [2.75, 3.05) is 122 Å². The molecular formula is C33H56N6O15. The smallest absolute Gasteiger partial charge is 0.323 e. The van der Waals surface area contributed by atoms with Gasteiger partial charge < -0.3 is 47.7 Å². The summed E-state index contributed by atoms with van der Waals surface area (Å²) in [6, 6.07) is -0.977. The van der Waals surface area contributed by atoms with Crippen molar-refractivity contribution >= 4 is 30.0 Å². The van der Waals surface area contributed by atoms with Crippen LogP contribution in [0.5, 0.6) is 0 Å². The van der Waals surface area contributed by atoms with Crippen molar-refractivity contribution < 1.29 is 71.7 Å². The van der Waals surface area contributed by atoms with Gasteiger partial charge in [-0.1, -0.05) is 0 Å². The first-order chi connectivity index (χ1) is 26.0. The van der Waals surface area contributed by atoms with Crippen molar-refractivity contribution in [2.24, 2.45) is 17.8 Å². The molecule has 3 heterocycles. The fourth-order valence-electron chi connectivity index (χ4n) is 7.34. The third-order valence-corrected chi connectivity index (χ3v) is 9.59. The minimum absolute atomic E-state index is 0.00692. The van der Waals surface area contributed by atoms with Gasteiger partial charge in [0.25, 0.3) is 0 Å². The lowest BCUT2D eigenvalue weighted by Crippen LogP contribution is -2.58. The number of ether oxygens (including phenoxy) is 9. The lowest BCUT2D eigenvalue weighted by atomic mass is 9.74. The van der Waals surface area contributed by atoms with Gasteiger partial charge in [0.1, 0.15) is 52.6 Å². The van der Waals surface area contributed by atoms with Crippen molar-refractivity contribution in [2.45, 2.75) is 43.9 Å². The third kappa shape index (κ3) is 11.2. The first-order valence-electron chi connectivity index (χ1n) is 17.8. The van der Waals surface area contributed by atoms with E-state index >= 15 is 0 Å². The van der Waals surface area contributed by atoms with E-state index in [0.717, 1.165) is 0 Å². The van der Waals surface area contributed by atoms with Crippen LogP contribution in [0.25, 0.3) is 0 Å². The third-order valence-electron chi connectivity index (χ3n) is 9.59. The molecule has 0 spiro atoms. The van der Waals surface area contributed by atoms with Gasteiger partial charge in [-0.25, -0.2) is 14.4 Å². The highest BCUT2D eigenvalue weighted by Gasteiger charge is 2.45. The van der Waals surface area contributed by atoms with Gasteiger partial charge in [-0.2, -0.15) is 0 Å². The number of methoxy groups -OCH3 is 6. The molecule has 0 radical (unpaired) electrons. The fraction of sp³-hybridized carbons (Fsp3) is 0.848. The van der Waals surface area contributed by atoms with E-state index in [9.17, 15) is 29.1 Å². The van der Waals surface area contributed by atoms with Gasteiger partial charge in [-0.3, -0.25) is 39.0 Å². The number of aliphatic hydroxyl groups excluding tert-OH is 1. The van der Waals surface area contributed by atoms with Gasteiger partial charge in [0.05, 0.1) is 57.2 Å². The first kappa shape index (κ1) is 43.2. The molecule has 3 atom stereocenters. The fourth-order valence-corrected chi connectivity index (χ4v) is 7.34. The molecule has 0 aromatic carbocycles. The summed E-state index contributed by atoms with van der Waals surface area (Å²) in [5.41, 5.74) is 0. The van der Waals surface area contributed by atoms with Crippen LogP contribution in [0.2, 0.25) is 0 Å². The average Bonchev–Trinajstić information content (AvgIpc) is 3.14. The number of rotatable bonds is 19. The van der Waals surface area contributed by atoms with Crippen LogP contribution in [0.15, 0.2) is 0 Å². The Balaban J connectivity index is 1.52. The number of amides is 6. The maximum Gasteiger partial charge on any atom is 0.323 e. The lowest BCUT2D eigenvalue weighted by Gasteiger charge is -2.42. The predicted octanol–water partition coefficient (Wildman–Crippen LogP) is -0.618. The molecule has 308 valence electrons. The van der Waals surface area contributed by atoms with Crippen molar-refractivity contribution in [3.63, 3.8) is 0 Å². The van der Waals surface area contributed by atoms with Crippen LogP contribution < -0.4 is 0 Å². The molecule has 21 heteroatoms. The number of hydrogen-bond donors (Lipinski definition) is 1. The van der Waals surface area contributed by atoms with E-state index in [1.54, 1.807) is 0 Å². The van der Waals surface area contributed by atoms with Crippen LogP contribution in [-0.4, -0.2) is 211 Å². The molecule has 3 saturated heterocycles.